The van der Waals surface area contributed by atoms with Gasteiger partial charge in [-0.3, -0.25) is 9.10 Å². The SMILES string of the molecule is CCCc1ccc(OCCNC(=O)[C@@H](C)Oc2ccc(N(C)S(C)(=O)=O)cc2)cc1. The van der Waals surface area contributed by atoms with Gasteiger partial charge in [0.2, 0.25) is 10.0 Å². The third-order valence-corrected chi connectivity index (χ3v) is 5.72. The minimum atomic E-state index is -3.33. The van der Waals surface area contributed by atoms with Crippen LogP contribution in [-0.4, -0.2) is 46.9 Å². The molecule has 30 heavy (non-hydrogen) atoms. The van der Waals surface area contributed by atoms with Gasteiger partial charge in [-0.05, 0) is 55.3 Å². The lowest BCUT2D eigenvalue weighted by Gasteiger charge is -2.18. The molecule has 0 fully saturated rings. The molecule has 1 N–H and O–H groups in total. The van der Waals surface area contributed by atoms with Gasteiger partial charge in [0.25, 0.3) is 5.91 Å². The second-order valence-electron chi connectivity index (χ2n) is 7.02. The van der Waals surface area contributed by atoms with Gasteiger partial charge in [0.1, 0.15) is 18.1 Å². The van der Waals surface area contributed by atoms with E-state index in [0.717, 1.165) is 24.8 Å². The van der Waals surface area contributed by atoms with Gasteiger partial charge in [0, 0.05) is 7.05 Å². The summed E-state index contributed by atoms with van der Waals surface area (Å²) >= 11 is 0. The first-order chi connectivity index (χ1) is 14.2. The number of amides is 1. The Balaban J connectivity index is 1.75. The normalized spacial score (nSPS) is 12.1. The van der Waals surface area contributed by atoms with Gasteiger partial charge in [-0.15, -0.1) is 0 Å². The molecule has 0 radical (unpaired) electrons. The molecule has 8 heteroatoms. The summed E-state index contributed by atoms with van der Waals surface area (Å²) in [5.41, 5.74) is 1.79. The Kier molecular flexibility index (Phi) is 8.53. The maximum atomic E-state index is 12.2. The molecule has 1 amide bonds. The smallest absolute Gasteiger partial charge is 0.260 e. The molecule has 0 aliphatic rings. The molecule has 164 valence electrons. The average Bonchev–Trinajstić information content (AvgIpc) is 2.71. The monoisotopic (exact) mass is 434 g/mol. The van der Waals surface area contributed by atoms with Crippen molar-refractivity contribution in [3.8, 4) is 11.5 Å². The van der Waals surface area contributed by atoms with Crippen LogP contribution in [0.3, 0.4) is 0 Å². The highest BCUT2D eigenvalue weighted by molar-refractivity contribution is 7.92. The Morgan fingerprint density at radius 3 is 2.23 bits per heavy atom. The van der Waals surface area contributed by atoms with Crippen molar-refractivity contribution in [2.75, 3.05) is 30.8 Å². The molecule has 0 unspecified atom stereocenters. The maximum Gasteiger partial charge on any atom is 0.260 e. The van der Waals surface area contributed by atoms with E-state index in [9.17, 15) is 13.2 Å². The predicted molar refractivity (Wildman–Crippen MR) is 119 cm³/mol. The fourth-order valence-corrected chi connectivity index (χ4v) is 3.22. The summed E-state index contributed by atoms with van der Waals surface area (Å²) in [6.45, 7) is 4.52. The van der Waals surface area contributed by atoms with Gasteiger partial charge in [0.15, 0.2) is 6.10 Å². The Hall–Kier alpha value is -2.74. The summed E-state index contributed by atoms with van der Waals surface area (Å²) in [4.78, 5) is 12.2. The number of sulfonamides is 1. The Morgan fingerprint density at radius 2 is 1.67 bits per heavy atom. The highest BCUT2D eigenvalue weighted by atomic mass is 32.2. The van der Waals surface area contributed by atoms with Crippen LogP contribution in [0.1, 0.15) is 25.8 Å². The number of nitrogens with one attached hydrogen (secondary N) is 1. The van der Waals surface area contributed by atoms with Gasteiger partial charge < -0.3 is 14.8 Å². The van der Waals surface area contributed by atoms with Crippen molar-refractivity contribution >= 4 is 21.6 Å². The molecule has 2 rings (SSSR count). The van der Waals surface area contributed by atoms with Crippen molar-refractivity contribution in [1.82, 2.24) is 5.32 Å². The van der Waals surface area contributed by atoms with Gasteiger partial charge >= 0.3 is 0 Å². The van der Waals surface area contributed by atoms with E-state index in [1.807, 2.05) is 24.3 Å². The fourth-order valence-electron chi connectivity index (χ4n) is 2.71. The predicted octanol–water partition coefficient (Wildman–Crippen LogP) is 3.00. The molecule has 0 heterocycles. The third-order valence-electron chi connectivity index (χ3n) is 4.51. The number of ether oxygens (including phenoxy) is 2. The zero-order valence-electron chi connectivity index (χ0n) is 17.9. The number of benzene rings is 2. The van der Waals surface area contributed by atoms with E-state index in [2.05, 4.69) is 12.2 Å². The summed E-state index contributed by atoms with van der Waals surface area (Å²) in [5, 5.41) is 2.78. The van der Waals surface area contributed by atoms with Crippen molar-refractivity contribution in [3.63, 3.8) is 0 Å². The molecule has 2 aromatic carbocycles. The van der Waals surface area contributed by atoms with E-state index in [4.69, 9.17) is 9.47 Å². The van der Waals surface area contributed by atoms with Crippen LogP contribution in [-0.2, 0) is 21.2 Å². The molecule has 0 spiro atoms. The average molecular weight is 435 g/mol. The Bertz CT molecular complexity index is 912. The third kappa shape index (κ3) is 7.26. The summed E-state index contributed by atoms with van der Waals surface area (Å²) < 4.78 is 35.6. The number of anilines is 1. The lowest BCUT2D eigenvalue weighted by atomic mass is 10.1. The molecule has 0 saturated carbocycles. The molecular weight excluding hydrogens is 404 g/mol. The summed E-state index contributed by atoms with van der Waals surface area (Å²) in [7, 11) is -1.85. The number of aryl methyl sites for hydroxylation is 1. The number of hydrogen-bond acceptors (Lipinski definition) is 5. The van der Waals surface area contributed by atoms with Gasteiger partial charge in [-0.2, -0.15) is 0 Å². The fraction of sp³-hybridized carbons (Fsp3) is 0.409. The number of carbonyl (C=O) groups excluding carboxylic acids is 1. The van der Waals surface area contributed by atoms with Gasteiger partial charge in [-0.25, -0.2) is 8.42 Å². The Morgan fingerprint density at radius 1 is 1.07 bits per heavy atom. The van der Waals surface area contributed by atoms with E-state index in [-0.39, 0.29) is 5.91 Å². The Labute approximate surface area is 179 Å². The second-order valence-corrected chi connectivity index (χ2v) is 9.03. The first-order valence-corrected chi connectivity index (χ1v) is 11.8. The van der Waals surface area contributed by atoms with Crippen molar-refractivity contribution < 1.29 is 22.7 Å². The van der Waals surface area contributed by atoms with Crippen molar-refractivity contribution in [2.24, 2.45) is 0 Å². The zero-order chi connectivity index (χ0) is 22.1. The number of carbonyl (C=O) groups is 1. The van der Waals surface area contributed by atoms with Crippen molar-refractivity contribution in [2.45, 2.75) is 32.8 Å². The van der Waals surface area contributed by atoms with Crippen LogP contribution in [0.2, 0.25) is 0 Å². The number of hydrogen-bond donors (Lipinski definition) is 1. The van der Waals surface area contributed by atoms with E-state index >= 15 is 0 Å². The van der Waals surface area contributed by atoms with E-state index in [1.165, 1.54) is 16.9 Å². The molecule has 0 saturated heterocycles. The van der Waals surface area contributed by atoms with Crippen LogP contribution in [0.4, 0.5) is 5.69 Å². The summed E-state index contributed by atoms with van der Waals surface area (Å²) in [5.74, 6) is 0.994. The topological polar surface area (TPSA) is 84.9 Å². The number of rotatable bonds is 11. The molecular formula is C22H30N2O5S. The van der Waals surface area contributed by atoms with Crippen LogP contribution in [0.5, 0.6) is 11.5 Å². The highest BCUT2D eigenvalue weighted by Crippen LogP contribution is 2.21. The quantitative estimate of drug-likeness (QED) is 0.550. The van der Waals surface area contributed by atoms with E-state index in [1.54, 1.807) is 31.2 Å². The van der Waals surface area contributed by atoms with Crippen LogP contribution in [0.25, 0.3) is 0 Å². The minimum absolute atomic E-state index is 0.255. The van der Waals surface area contributed by atoms with Crippen LogP contribution >= 0.6 is 0 Å². The minimum Gasteiger partial charge on any atom is -0.492 e. The molecule has 0 aromatic heterocycles. The molecule has 0 aliphatic carbocycles. The van der Waals surface area contributed by atoms with Crippen LogP contribution < -0.4 is 19.1 Å². The highest BCUT2D eigenvalue weighted by Gasteiger charge is 2.15. The van der Waals surface area contributed by atoms with E-state index < -0.39 is 16.1 Å². The first kappa shape index (κ1) is 23.5. The lowest BCUT2D eigenvalue weighted by molar-refractivity contribution is -0.127. The molecule has 0 bridgehead atoms. The van der Waals surface area contributed by atoms with Gasteiger partial charge in [0.05, 0.1) is 18.5 Å². The zero-order valence-corrected chi connectivity index (χ0v) is 18.7. The van der Waals surface area contributed by atoms with E-state index in [0.29, 0.717) is 24.6 Å². The number of nitrogens with zero attached hydrogens (tertiary/aromatic N) is 1. The largest absolute Gasteiger partial charge is 0.492 e. The molecule has 0 aliphatic heterocycles. The molecule has 7 nitrogen and oxygen atoms in total. The second kappa shape index (κ2) is 10.9. The lowest BCUT2D eigenvalue weighted by Crippen LogP contribution is -2.38. The summed E-state index contributed by atoms with van der Waals surface area (Å²) in [6.07, 6.45) is 2.59. The molecule has 1 atom stereocenters. The first-order valence-electron chi connectivity index (χ1n) is 9.90. The van der Waals surface area contributed by atoms with Crippen LogP contribution in [0, 0.1) is 0 Å². The van der Waals surface area contributed by atoms with Gasteiger partial charge in [-0.1, -0.05) is 25.5 Å². The standard InChI is InChI=1S/C22H30N2O5S/c1-5-6-18-7-11-20(12-8-18)28-16-15-23-22(25)17(2)29-21-13-9-19(10-14-21)24(3)30(4,26)27/h7-14,17H,5-6,15-16H2,1-4H3,(H,23,25)/t17-/m1/s1. The maximum absolute atomic E-state index is 12.2. The van der Waals surface area contributed by atoms with Crippen molar-refractivity contribution in [3.05, 3.63) is 54.1 Å². The van der Waals surface area contributed by atoms with Crippen LogP contribution in [0.15, 0.2) is 48.5 Å². The van der Waals surface area contributed by atoms with Crippen molar-refractivity contribution in [1.29, 1.82) is 0 Å². The summed E-state index contributed by atoms with van der Waals surface area (Å²) in [6, 6.07) is 14.5. The molecule has 2 aromatic rings.